The maximum Gasteiger partial charge on any atom is 0.0682 e. The molecule has 2 aromatic rings. The molecule has 0 bridgehead atoms. The number of nitrogens with zero attached hydrogens (tertiary/aromatic N) is 2. The third kappa shape index (κ3) is 2.99. The Morgan fingerprint density at radius 3 is 2.79 bits per heavy atom. The van der Waals surface area contributed by atoms with Gasteiger partial charge in [0.15, 0.2) is 0 Å². The molecule has 1 heterocycles. The van der Waals surface area contributed by atoms with Crippen molar-refractivity contribution in [3.05, 3.63) is 41.0 Å². The van der Waals surface area contributed by atoms with Crippen molar-refractivity contribution in [1.29, 1.82) is 0 Å². The molecule has 4 heteroatoms. The van der Waals surface area contributed by atoms with Crippen LogP contribution in [0, 0.1) is 0 Å². The minimum Gasteiger partial charge on any atom is -0.313 e. The molecule has 0 aliphatic heterocycles. The lowest BCUT2D eigenvalue weighted by Gasteiger charge is -2.14. The first-order chi connectivity index (χ1) is 9.17. The van der Waals surface area contributed by atoms with Crippen LogP contribution in [0.15, 0.2) is 30.5 Å². The number of hydrogen-bond acceptors (Lipinski definition) is 2. The van der Waals surface area contributed by atoms with Crippen molar-refractivity contribution < 1.29 is 0 Å². The second-order valence-electron chi connectivity index (χ2n) is 4.69. The van der Waals surface area contributed by atoms with Gasteiger partial charge in [-0.25, -0.2) is 0 Å². The number of nitrogens with one attached hydrogen (secondary N) is 1. The smallest absolute Gasteiger partial charge is 0.0682 e. The van der Waals surface area contributed by atoms with E-state index in [4.69, 9.17) is 11.6 Å². The summed E-state index contributed by atoms with van der Waals surface area (Å²) in [5, 5.41) is 8.35. The number of halogens is 1. The first kappa shape index (κ1) is 14.1. The van der Waals surface area contributed by atoms with E-state index in [9.17, 15) is 0 Å². The summed E-state index contributed by atoms with van der Waals surface area (Å²) in [7, 11) is 1.94. The van der Waals surface area contributed by atoms with Gasteiger partial charge in [0.1, 0.15) is 0 Å². The Hall–Kier alpha value is -1.32. The Bertz CT molecular complexity index is 548. The van der Waals surface area contributed by atoms with Crippen LogP contribution in [0.1, 0.15) is 31.9 Å². The highest BCUT2D eigenvalue weighted by molar-refractivity contribution is 6.31. The van der Waals surface area contributed by atoms with E-state index in [1.165, 1.54) is 0 Å². The third-order valence-electron chi connectivity index (χ3n) is 3.35. The van der Waals surface area contributed by atoms with Crippen LogP contribution in [-0.2, 0) is 6.54 Å². The van der Waals surface area contributed by atoms with Crippen molar-refractivity contribution in [2.75, 3.05) is 7.05 Å². The summed E-state index contributed by atoms with van der Waals surface area (Å²) in [4.78, 5) is 0. The highest BCUT2D eigenvalue weighted by Gasteiger charge is 2.11. The molecule has 0 amide bonds. The molecule has 0 aliphatic carbocycles. The Morgan fingerprint density at radius 1 is 1.37 bits per heavy atom. The fourth-order valence-electron chi connectivity index (χ4n) is 2.16. The van der Waals surface area contributed by atoms with Gasteiger partial charge in [0.05, 0.1) is 5.69 Å². The Labute approximate surface area is 119 Å². The molecule has 0 aliphatic rings. The summed E-state index contributed by atoms with van der Waals surface area (Å²) >= 11 is 6.38. The van der Waals surface area contributed by atoms with Crippen LogP contribution >= 0.6 is 11.6 Å². The summed E-state index contributed by atoms with van der Waals surface area (Å²) < 4.78 is 2.02. The number of aromatic nitrogens is 2. The van der Waals surface area contributed by atoms with Crippen LogP contribution in [0.4, 0.5) is 0 Å². The van der Waals surface area contributed by atoms with Crippen LogP contribution in [-0.4, -0.2) is 16.8 Å². The van der Waals surface area contributed by atoms with Gasteiger partial charge in [-0.15, -0.1) is 0 Å². The molecule has 102 valence electrons. The van der Waals surface area contributed by atoms with Crippen molar-refractivity contribution in [2.24, 2.45) is 0 Å². The van der Waals surface area contributed by atoms with Gasteiger partial charge in [-0.05, 0) is 38.1 Å². The van der Waals surface area contributed by atoms with Gasteiger partial charge in [0.25, 0.3) is 0 Å². The van der Waals surface area contributed by atoms with E-state index in [1.807, 2.05) is 30.1 Å². The molecule has 1 N–H and O–H groups in total. The molecular formula is C15H20ClN3. The molecule has 0 saturated heterocycles. The normalized spacial score (nSPS) is 12.6. The van der Waals surface area contributed by atoms with E-state index in [-0.39, 0.29) is 6.04 Å². The topological polar surface area (TPSA) is 29.9 Å². The van der Waals surface area contributed by atoms with E-state index < -0.39 is 0 Å². The molecule has 0 spiro atoms. The van der Waals surface area contributed by atoms with Crippen molar-refractivity contribution in [3.63, 3.8) is 0 Å². The zero-order chi connectivity index (χ0) is 13.8. The van der Waals surface area contributed by atoms with Crippen molar-refractivity contribution >= 4 is 11.6 Å². The number of benzene rings is 1. The van der Waals surface area contributed by atoms with E-state index in [0.29, 0.717) is 0 Å². The van der Waals surface area contributed by atoms with Gasteiger partial charge in [0.2, 0.25) is 0 Å². The molecule has 1 aromatic carbocycles. The molecule has 2 rings (SSSR count). The summed E-state index contributed by atoms with van der Waals surface area (Å²) in [6, 6.07) is 8.50. The molecule has 0 saturated carbocycles. The number of rotatable bonds is 5. The molecular weight excluding hydrogens is 258 g/mol. The van der Waals surface area contributed by atoms with Gasteiger partial charge < -0.3 is 5.32 Å². The van der Waals surface area contributed by atoms with E-state index >= 15 is 0 Å². The van der Waals surface area contributed by atoms with Gasteiger partial charge in [-0.2, -0.15) is 5.10 Å². The second-order valence-corrected chi connectivity index (χ2v) is 5.09. The zero-order valence-electron chi connectivity index (χ0n) is 11.7. The Balaban J connectivity index is 2.36. The Morgan fingerprint density at radius 2 is 2.16 bits per heavy atom. The van der Waals surface area contributed by atoms with Gasteiger partial charge in [-0.1, -0.05) is 30.7 Å². The van der Waals surface area contributed by atoms with Gasteiger partial charge in [0, 0.05) is 29.4 Å². The monoisotopic (exact) mass is 277 g/mol. The predicted molar refractivity (Wildman–Crippen MR) is 80.4 cm³/mol. The zero-order valence-corrected chi connectivity index (χ0v) is 12.4. The summed E-state index contributed by atoms with van der Waals surface area (Å²) in [6.07, 6.45) is 2.90. The molecule has 19 heavy (non-hydrogen) atoms. The van der Waals surface area contributed by atoms with E-state index in [2.05, 4.69) is 36.4 Å². The van der Waals surface area contributed by atoms with E-state index in [0.717, 1.165) is 34.8 Å². The van der Waals surface area contributed by atoms with Gasteiger partial charge >= 0.3 is 0 Å². The highest BCUT2D eigenvalue weighted by Crippen LogP contribution is 2.28. The lowest BCUT2D eigenvalue weighted by atomic mass is 10.0. The molecule has 3 nitrogen and oxygen atoms in total. The van der Waals surface area contributed by atoms with Crippen molar-refractivity contribution in [2.45, 2.75) is 32.9 Å². The maximum absolute atomic E-state index is 6.38. The SMILES string of the molecule is CCCn1nccc1-c1ccc(C(C)NC)c(Cl)c1. The number of aryl methyl sites for hydroxylation is 1. The molecule has 1 aromatic heterocycles. The van der Waals surface area contributed by atoms with Crippen LogP contribution in [0.25, 0.3) is 11.3 Å². The fourth-order valence-corrected chi connectivity index (χ4v) is 2.51. The molecule has 1 unspecified atom stereocenters. The van der Waals surface area contributed by atoms with Crippen molar-refractivity contribution in [1.82, 2.24) is 15.1 Å². The lowest BCUT2D eigenvalue weighted by molar-refractivity contribution is 0.609. The predicted octanol–water partition coefficient (Wildman–Crippen LogP) is 3.89. The minimum absolute atomic E-state index is 0.252. The molecule has 0 fully saturated rings. The second kappa shape index (κ2) is 6.22. The maximum atomic E-state index is 6.38. The van der Waals surface area contributed by atoms with Gasteiger partial charge in [-0.3, -0.25) is 4.68 Å². The summed E-state index contributed by atoms with van der Waals surface area (Å²) in [5.74, 6) is 0. The average Bonchev–Trinajstić information content (AvgIpc) is 2.86. The van der Waals surface area contributed by atoms with Crippen LogP contribution in [0.5, 0.6) is 0 Å². The highest BCUT2D eigenvalue weighted by atomic mass is 35.5. The summed E-state index contributed by atoms with van der Waals surface area (Å²) in [5.41, 5.74) is 3.35. The average molecular weight is 278 g/mol. The first-order valence-electron chi connectivity index (χ1n) is 6.66. The molecule has 1 atom stereocenters. The fraction of sp³-hybridized carbons (Fsp3) is 0.400. The summed E-state index contributed by atoms with van der Waals surface area (Å²) in [6.45, 7) is 5.17. The van der Waals surface area contributed by atoms with Crippen LogP contribution in [0.2, 0.25) is 5.02 Å². The van der Waals surface area contributed by atoms with Crippen LogP contribution in [0.3, 0.4) is 0 Å². The number of hydrogen-bond donors (Lipinski definition) is 1. The van der Waals surface area contributed by atoms with Crippen molar-refractivity contribution in [3.8, 4) is 11.3 Å². The first-order valence-corrected chi connectivity index (χ1v) is 7.04. The third-order valence-corrected chi connectivity index (χ3v) is 3.68. The van der Waals surface area contributed by atoms with Crippen LogP contribution < -0.4 is 5.32 Å². The largest absolute Gasteiger partial charge is 0.313 e. The molecule has 0 radical (unpaired) electrons. The van der Waals surface area contributed by atoms with E-state index in [1.54, 1.807) is 0 Å². The lowest BCUT2D eigenvalue weighted by Crippen LogP contribution is -2.12. The Kier molecular flexibility index (Phi) is 4.61. The quantitative estimate of drug-likeness (QED) is 0.898. The standard InChI is InChI=1S/C15H20ClN3/c1-4-9-19-15(7-8-18-19)12-5-6-13(11(2)17-3)14(16)10-12/h5-8,10-11,17H,4,9H2,1-3H3. The minimum atomic E-state index is 0.252.